The van der Waals surface area contributed by atoms with Gasteiger partial charge in [0.1, 0.15) is 0 Å². The molecule has 128 valence electrons. The van der Waals surface area contributed by atoms with Crippen LogP contribution in [0.2, 0.25) is 0 Å². The molecule has 5 heteroatoms. The SMILES string of the molecule is C=CCNC(=O)c1ccccc1N1CCC(NC(=O)C2CC2)CC1. The quantitative estimate of drug-likeness (QED) is 0.787. The minimum Gasteiger partial charge on any atom is -0.371 e. The zero-order valence-corrected chi connectivity index (χ0v) is 14.0. The van der Waals surface area contributed by atoms with Gasteiger partial charge in [-0.3, -0.25) is 9.59 Å². The van der Waals surface area contributed by atoms with E-state index in [2.05, 4.69) is 22.1 Å². The zero-order valence-electron chi connectivity index (χ0n) is 14.0. The molecule has 0 unspecified atom stereocenters. The summed E-state index contributed by atoms with van der Waals surface area (Å²) < 4.78 is 0. The van der Waals surface area contributed by atoms with Crippen LogP contribution in [-0.2, 0) is 4.79 Å². The van der Waals surface area contributed by atoms with E-state index in [9.17, 15) is 9.59 Å². The van der Waals surface area contributed by atoms with Crippen molar-refractivity contribution in [1.82, 2.24) is 10.6 Å². The Bertz CT molecular complexity index is 617. The normalized spacial score (nSPS) is 18.1. The van der Waals surface area contributed by atoms with Gasteiger partial charge in [-0.15, -0.1) is 6.58 Å². The van der Waals surface area contributed by atoms with E-state index in [0.717, 1.165) is 44.5 Å². The van der Waals surface area contributed by atoms with Crippen LogP contribution in [0, 0.1) is 5.92 Å². The first-order valence-corrected chi connectivity index (χ1v) is 8.72. The summed E-state index contributed by atoms with van der Waals surface area (Å²) in [5, 5.41) is 6.00. The Morgan fingerprint density at radius 3 is 2.54 bits per heavy atom. The van der Waals surface area contributed by atoms with E-state index in [4.69, 9.17) is 0 Å². The van der Waals surface area contributed by atoms with E-state index >= 15 is 0 Å². The number of nitrogens with one attached hydrogen (secondary N) is 2. The van der Waals surface area contributed by atoms with E-state index in [0.29, 0.717) is 12.1 Å². The van der Waals surface area contributed by atoms with Gasteiger partial charge in [-0.05, 0) is 37.8 Å². The van der Waals surface area contributed by atoms with Crippen LogP contribution in [0.15, 0.2) is 36.9 Å². The fourth-order valence-corrected chi connectivity index (χ4v) is 3.13. The summed E-state index contributed by atoms with van der Waals surface area (Å²) in [5.41, 5.74) is 1.66. The van der Waals surface area contributed by atoms with Crippen molar-refractivity contribution < 1.29 is 9.59 Å². The number of nitrogens with zero attached hydrogens (tertiary/aromatic N) is 1. The predicted octanol–water partition coefficient (Wildman–Crippen LogP) is 2.10. The van der Waals surface area contributed by atoms with Crippen molar-refractivity contribution in [2.75, 3.05) is 24.5 Å². The molecule has 1 heterocycles. The summed E-state index contributed by atoms with van der Waals surface area (Å²) >= 11 is 0. The van der Waals surface area contributed by atoms with Crippen LogP contribution in [0.4, 0.5) is 5.69 Å². The summed E-state index contributed by atoms with van der Waals surface area (Å²) in [6.07, 6.45) is 5.59. The van der Waals surface area contributed by atoms with Gasteiger partial charge < -0.3 is 15.5 Å². The molecule has 2 N–H and O–H groups in total. The second-order valence-electron chi connectivity index (χ2n) is 6.56. The molecule has 0 atom stereocenters. The topological polar surface area (TPSA) is 61.4 Å². The summed E-state index contributed by atoms with van der Waals surface area (Å²) in [7, 11) is 0. The Labute approximate surface area is 143 Å². The number of anilines is 1. The summed E-state index contributed by atoms with van der Waals surface area (Å²) in [6, 6.07) is 7.95. The lowest BCUT2D eigenvalue weighted by Gasteiger charge is -2.35. The molecule has 1 aliphatic heterocycles. The van der Waals surface area contributed by atoms with Gasteiger partial charge in [0.15, 0.2) is 0 Å². The lowest BCUT2D eigenvalue weighted by atomic mass is 10.0. The number of rotatable bonds is 6. The second kappa shape index (κ2) is 7.51. The van der Waals surface area contributed by atoms with Crippen LogP contribution in [0.5, 0.6) is 0 Å². The van der Waals surface area contributed by atoms with Crippen molar-refractivity contribution >= 4 is 17.5 Å². The number of para-hydroxylation sites is 1. The lowest BCUT2D eigenvalue weighted by Crippen LogP contribution is -2.45. The molecule has 1 saturated carbocycles. The number of amides is 2. The Morgan fingerprint density at radius 1 is 1.17 bits per heavy atom. The summed E-state index contributed by atoms with van der Waals surface area (Å²) in [6.45, 7) is 5.79. The molecular weight excluding hydrogens is 302 g/mol. The van der Waals surface area contributed by atoms with Gasteiger partial charge in [0.25, 0.3) is 5.91 Å². The third-order valence-electron chi connectivity index (χ3n) is 4.69. The second-order valence-corrected chi connectivity index (χ2v) is 6.56. The van der Waals surface area contributed by atoms with Crippen molar-refractivity contribution in [3.63, 3.8) is 0 Å². The van der Waals surface area contributed by atoms with Crippen molar-refractivity contribution in [3.05, 3.63) is 42.5 Å². The van der Waals surface area contributed by atoms with E-state index in [1.165, 1.54) is 0 Å². The molecule has 0 radical (unpaired) electrons. The Kier molecular flexibility index (Phi) is 5.18. The molecule has 24 heavy (non-hydrogen) atoms. The smallest absolute Gasteiger partial charge is 0.253 e. The van der Waals surface area contributed by atoms with Crippen molar-refractivity contribution in [2.45, 2.75) is 31.7 Å². The molecule has 3 rings (SSSR count). The molecule has 0 spiro atoms. The Balaban J connectivity index is 1.60. The predicted molar refractivity (Wildman–Crippen MR) is 95.1 cm³/mol. The molecule has 2 aliphatic rings. The first-order chi connectivity index (χ1) is 11.7. The molecule has 0 bridgehead atoms. The first kappa shape index (κ1) is 16.6. The first-order valence-electron chi connectivity index (χ1n) is 8.72. The minimum absolute atomic E-state index is 0.0744. The number of carbonyl (C=O) groups is 2. The highest BCUT2D eigenvalue weighted by atomic mass is 16.2. The van der Waals surface area contributed by atoms with Crippen LogP contribution in [0.25, 0.3) is 0 Å². The third kappa shape index (κ3) is 3.96. The summed E-state index contributed by atoms with van der Waals surface area (Å²) in [5.74, 6) is 0.407. The third-order valence-corrected chi connectivity index (χ3v) is 4.69. The van der Waals surface area contributed by atoms with Crippen LogP contribution < -0.4 is 15.5 Å². The maximum absolute atomic E-state index is 12.3. The zero-order chi connectivity index (χ0) is 16.9. The minimum atomic E-state index is -0.0744. The fourth-order valence-electron chi connectivity index (χ4n) is 3.13. The average Bonchev–Trinajstić information content (AvgIpc) is 3.45. The summed E-state index contributed by atoms with van der Waals surface area (Å²) in [4.78, 5) is 26.4. The van der Waals surface area contributed by atoms with Gasteiger partial charge in [0, 0.05) is 37.3 Å². The number of hydrogen-bond acceptors (Lipinski definition) is 3. The van der Waals surface area contributed by atoms with Crippen molar-refractivity contribution in [1.29, 1.82) is 0 Å². The van der Waals surface area contributed by atoms with E-state index in [1.807, 2.05) is 24.3 Å². The van der Waals surface area contributed by atoms with E-state index in [-0.39, 0.29) is 23.8 Å². The number of piperidine rings is 1. The molecule has 1 aromatic carbocycles. The number of carbonyl (C=O) groups excluding carboxylic acids is 2. The average molecular weight is 327 g/mol. The lowest BCUT2D eigenvalue weighted by molar-refractivity contribution is -0.123. The Hall–Kier alpha value is -2.30. The van der Waals surface area contributed by atoms with Gasteiger partial charge in [-0.1, -0.05) is 18.2 Å². The van der Waals surface area contributed by atoms with Crippen molar-refractivity contribution in [2.24, 2.45) is 5.92 Å². The molecule has 5 nitrogen and oxygen atoms in total. The van der Waals surface area contributed by atoms with Gasteiger partial charge >= 0.3 is 0 Å². The van der Waals surface area contributed by atoms with Gasteiger partial charge in [0.05, 0.1) is 5.56 Å². The number of hydrogen-bond donors (Lipinski definition) is 2. The van der Waals surface area contributed by atoms with Crippen LogP contribution in [-0.4, -0.2) is 37.5 Å². The monoisotopic (exact) mass is 327 g/mol. The van der Waals surface area contributed by atoms with Crippen molar-refractivity contribution in [3.8, 4) is 0 Å². The number of benzene rings is 1. The molecule has 1 saturated heterocycles. The van der Waals surface area contributed by atoms with Crippen LogP contribution in [0.3, 0.4) is 0 Å². The highest BCUT2D eigenvalue weighted by Gasteiger charge is 2.32. The maximum Gasteiger partial charge on any atom is 0.253 e. The van der Waals surface area contributed by atoms with E-state index in [1.54, 1.807) is 6.08 Å². The van der Waals surface area contributed by atoms with E-state index < -0.39 is 0 Å². The maximum atomic E-state index is 12.3. The molecular formula is C19H25N3O2. The van der Waals surface area contributed by atoms with Crippen LogP contribution in [0.1, 0.15) is 36.0 Å². The highest BCUT2D eigenvalue weighted by molar-refractivity contribution is 5.99. The van der Waals surface area contributed by atoms with Gasteiger partial charge in [-0.25, -0.2) is 0 Å². The molecule has 0 aromatic heterocycles. The molecule has 1 aliphatic carbocycles. The fraction of sp³-hybridized carbons (Fsp3) is 0.474. The van der Waals surface area contributed by atoms with Gasteiger partial charge in [0.2, 0.25) is 5.91 Å². The molecule has 1 aromatic rings. The standard InChI is InChI=1S/C19H25N3O2/c1-2-11-20-19(24)16-5-3-4-6-17(16)22-12-9-15(10-13-22)21-18(23)14-7-8-14/h2-6,14-15H,1,7-13H2,(H,20,24)(H,21,23). The van der Waals surface area contributed by atoms with Crippen LogP contribution >= 0.6 is 0 Å². The highest BCUT2D eigenvalue weighted by Crippen LogP contribution is 2.30. The molecule has 2 amide bonds. The Morgan fingerprint density at radius 2 is 1.88 bits per heavy atom. The van der Waals surface area contributed by atoms with Gasteiger partial charge in [-0.2, -0.15) is 0 Å². The molecule has 2 fully saturated rings. The largest absolute Gasteiger partial charge is 0.371 e.